The second-order valence-corrected chi connectivity index (χ2v) is 6.53. The largest absolute Gasteiger partial charge is 0.467 e. The highest BCUT2D eigenvalue weighted by atomic mass is 16.5. The lowest BCUT2D eigenvalue weighted by atomic mass is 9.93. The molecule has 9 nitrogen and oxygen atoms in total. The number of para-hydroxylation sites is 1. The third kappa shape index (κ3) is 4.34. The topological polar surface area (TPSA) is 95.4 Å². The van der Waals surface area contributed by atoms with E-state index in [2.05, 4.69) is 29.8 Å². The molecule has 1 aliphatic rings. The van der Waals surface area contributed by atoms with Gasteiger partial charge in [-0.1, -0.05) is 18.2 Å². The summed E-state index contributed by atoms with van der Waals surface area (Å²) in [7, 11) is 3.04. The summed E-state index contributed by atoms with van der Waals surface area (Å²) < 4.78 is 16.3. The molecule has 0 aliphatic carbocycles. The molecule has 1 fully saturated rings. The lowest BCUT2D eigenvalue weighted by Crippen LogP contribution is -2.34. The highest BCUT2D eigenvalue weighted by Crippen LogP contribution is 2.34. The van der Waals surface area contributed by atoms with Crippen LogP contribution in [0, 0.1) is 0 Å². The molecule has 3 aromatic rings. The molecule has 2 aromatic heterocycles. The van der Waals surface area contributed by atoms with Crippen LogP contribution in [0.15, 0.2) is 42.7 Å². The van der Waals surface area contributed by atoms with E-state index in [1.807, 2.05) is 30.3 Å². The number of methoxy groups -OCH3 is 2. The summed E-state index contributed by atoms with van der Waals surface area (Å²) in [5, 5.41) is 0. The molecule has 1 aliphatic heterocycles. The van der Waals surface area contributed by atoms with Gasteiger partial charge in [-0.05, 0) is 25.0 Å². The third-order valence-electron chi connectivity index (χ3n) is 4.76. The van der Waals surface area contributed by atoms with Crippen LogP contribution < -0.4 is 19.1 Å². The summed E-state index contributed by atoms with van der Waals surface area (Å²) in [5.41, 5.74) is 0.877. The first-order valence-corrected chi connectivity index (χ1v) is 9.39. The van der Waals surface area contributed by atoms with Crippen molar-refractivity contribution in [3.63, 3.8) is 0 Å². The van der Waals surface area contributed by atoms with E-state index in [-0.39, 0.29) is 17.9 Å². The number of rotatable bonds is 6. The standard InChI is InChI=1S/C20H22N6O3/c1-27-19-23-18(24-20(25-19)28-2)26-12-8-14(9-13-26)16-17(22-11-10-21-16)29-15-6-4-3-5-7-15/h3-7,10-11,14H,8-9,12-13H2,1-2H3. The molecule has 1 saturated heterocycles. The minimum absolute atomic E-state index is 0.237. The molecule has 0 radical (unpaired) electrons. The monoisotopic (exact) mass is 394 g/mol. The molecule has 0 unspecified atom stereocenters. The number of ether oxygens (including phenoxy) is 3. The van der Waals surface area contributed by atoms with Gasteiger partial charge in [0.25, 0.3) is 0 Å². The van der Waals surface area contributed by atoms with Crippen molar-refractivity contribution in [2.75, 3.05) is 32.2 Å². The molecule has 1 aromatic carbocycles. The molecule has 29 heavy (non-hydrogen) atoms. The van der Waals surface area contributed by atoms with E-state index >= 15 is 0 Å². The van der Waals surface area contributed by atoms with Crippen LogP contribution in [-0.4, -0.2) is 52.2 Å². The molecule has 0 amide bonds. The van der Waals surface area contributed by atoms with Gasteiger partial charge in [-0.3, -0.25) is 4.98 Å². The molecular weight excluding hydrogens is 372 g/mol. The van der Waals surface area contributed by atoms with Crippen LogP contribution in [0.5, 0.6) is 23.7 Å². The fourth-order valence-electron chi connectivity index (χ4n) is 3.30. The zero-order chi connectivity index (χ0) is 20.1. The summed E-state index contributed by atoms with van der Waals surface area (Å²) in [4.78, 5) is 23.8. The number of piperidine rings is 1. The summed E-state index contributed by atoms with van der Waals surface area (Å²) >= 11 is 0. The summed E-state index contributed by atoms with van der Waals surface area (Å²) in [6.07, 6.45) is 5.11. The molecule has 150 valence electrons. The number of hydrogen-bond donors (Lipinski definition) is 0. The van der Waals surface area contributed by atoms with Crippen LogP contribution in [0.25, 0.3) is 0 Å². The second kappa shape index (κ2) is 8.68. The Labute approximate surface area is 168 Å². The zero-order valence-corrected chi connectivity index (χ0v) is 16.4. The summed E-state index contributed by atoms with van der Waals surface area (Å²) in [6, 6.07) is 10.1. The predicted molar refractivity (Wildman–Crippen MR) is 106 cm³/mol. The van der Waals surface area contributed by atoms with Gasteiger partial charge in [-0.2, -0.15) is 9.97 Å². The van der Waals surface area contributed by atoms with E-state index < -0.39 is 0 Å². The Balaban J connectivity index is 1.48. The molecule has 0 spiro atoms. The van der Waals surface area contributed by atoms with Gasteiger partial charge < -0.3 is 19.1 Å². The zero-order valence-electron chi connectivity index (χ0n) is 16.4. The van der Waals surface area contributed by atoms with E-state index in [1.165, 1.54) is 14.2 Å². The van der Waals surface area contributed by atoms with E-state index in [1.54, 1.807) is 12.4 Å². The normalized spacial score (nSPS) is 14.5. The molecule has 0 atom stereocenters. The number of aromatic nitrogens is 5. The van der Waals surface area contributed by atoms with Crippen LogP contribution in [0.3, 0.4) is 0 Å². The summed E-state index contributed by atoms with van der Waals surface area (Å²) in [5.74, 6) is 2.09. The van der Waals surface area contributed by atoms with Crippen LogP contribution in [0.1, 0.15) is 24.5 Å². The molecule has 0 N–H and O–H groups in total. The molecule has 0 bridgehead atoms. The maximum absolute atomic E-state index is 5.98. The van der Waals surface area contributed by atoms with Gasteiger partial charge in [0.05, 0.1) is 14.2 Å². The fourth-order valence-corrected chi connectivity index (χ4v) is 3.30. The van der Waals surface area contributed by atoms with Crippen LogP contribution >= 0.6 is 0 Å². The van der Waals surface area contributed by atoms with Gasteiger partial charge in [-0.15, -0.1) is 4.98 Å². The van der Waals surface area contributed by atoms with Crippen LogP contribution in [-0.2, 0) is 0 Å². The molecule has 9 heteroatoms. The smallest absolute Gasteiger partial charge is 0.324 e. The Bertz CT molecular complexity index is 926. The molecular formula is C20H22N6O3. The highest BCUT2D eigenvalue weighted by molar-refractivity contribution is 5.35. The number of nitrogens with zero attached hydrogens (tertiary/aromatic N) is 6. The van der Waals surface area contributed by atoms with Crippen molar-refractivity contribution < 1.29 is 14.2 Å². The Morgan fingerprint density at radius 3 is 2.17 bits per heavy atom. The van der Waals surface area contributed by atoms with E-state index in [0.29, 0.717) is 11.8 Å². The number of hydrogen-bond acceptors (Lipinski definition) is 9. The first-order valence-electron chi connectivity index (χ1n) is 9.39. The van der Waals surface area contributed by atoms with Gasteiger partial charge in [0.15, 0.2) is 0 Å². The van der Waals surface area contributed by atoms with Crippen LogP contribution in [0.2, 0.25) is 0 Å². The molecule has 4 rings (SSSR count). The second-order valence-electron chi connectivity index (χ2n) is 6.53. The third-order valence-corrected chi connectivity index (χ3v) is 4.76. The van der Waals surface area contributed by atoms with Crippen molar-refractivity contribution in [2.45, 2.75) is 18.8 Å². The Morgan fingerprint density at radius 2 is 1.52 bits per heavy atom. The van der Waals surface area contributed by atoms with Gasteiger partial charge in [0.2, 0.25) is 11.8 Å². The fraction of sp³-hybridized carbons (Fsp3) is 0.350. The predicted octanol–water partition coefficient (Wildman–Crippen LogP) is 2.86. The van der Waals surface area contributed by atoms with Crippen molar-refractivity contribution in [1.82, 2.24) is 24.9 Å². The Morgan fingerprint density at radius 1 is 0.862 bits per heavy atom. The first-order chi connectivity index (χ1) is 14.3. The molecule has 0 saturated carbocycles. The van der Waals surface area contributed by atoms with Crippen molar-refractivity contribution in [2.24, 2.45) is 0 Å². The highest BCUT2D eigenvalue weighted by Gasteiger charge is 2.27. The number of anilines is 1. The Kier molecular flexibility index (Phi) is 5.64. The van der Waals surface area contributed by atoms with Gasteiger partial charge in [0, 0.05) is 31.4 Å². The first kappa shape index (κ1) is 18.9. The lowest BCUT2D eigenvalue weighted by molar-refractivity contribution is 0.338. The molecule has 3 heterocycles. The van der Waals surface area contributed by atoms with Crippen molar-refractivity contribution in [1.29, 1.82) is 0 Å². The summed E-state index contributed by atoms with van der Waals surface area (Å²) in [6.45, 7) is 1.53. The number of benzene rings is 1. The van der Waals surface area contributed by atoms with Crippen molar-refractivity contribution in [3.05, 3.63) is 48.4 Å². The Hall–Kier alpha value is -3.49. The van der Waals surface area contributed by atoms with Crippen LogP contribution in [0.4, 0.5) is 5.95 Å². The average Bonchev–Trinajstić information content (AvgIpc) is 2.80. The van der Waals surface area contributed by atoms with E-state index in [9.17, 15) is 0 Å². The minimum atomic E-state index is 0.237. The minimum Gasteiger partial charge on any atom is -0.467 e. The van der Waals surface area contributed by atoms with Gasteiger partial charge in [-0.25, -0.2) is 4.98 Å². The van der Waals surface area contributed by atoms with Crippen molar-refractivity contribution >= 4 is 5.95 Å². The SMILES string of the molecule is COc1nc(OC)nc(N2CCC(c3nccnc3Oc3ccccc3)CC2)n1. The quantitative estimate of drug-likeness (QED) is 0.625. The van der Waals surface area contributed by atoms with Gasteiger partial charge >= 0.3 is 12.0 Å². The lowest BCUT2D eigenvalue weighted by Gasteiger charge is -2.31. The average molecular weight is 394 g/mol. The van der Waals surface area contributed by atoms with E-state index in [4.69, 9.17) is 14.2 Å². The van der Waals surface area contributed by atoms with Crippen molar-refractivity contribution in [3.8, 4) is 23.7 Å². The van der Waals surface area contributed by atoms with Gasteiger partial charge in [0.1, 0.15) is 11.4 Å². The maximum atomic E-state index is 5.98. The maximum Gasteiger partial charge on any atom is 0.324 e. The van der Waals surface area contributed by atoms with E-state index in [0.717, 1.165) is 37.4 Å².